The summed E-state index contributed by atoms with van der Waals surface area (Å²) < 4.78 is 34.7. The second kappa shape index (κ2) is 21.6. The van der Waals surface area contributed by atoms with Gasteiger partial charge in [0.15, 0.2) is 0 Å². The predicted octanol–water partition coefficient (Wildman–Crippen LogP) is 0.733. The molecule has 52 heavy (non-hydrogen) atoms. The van der Waals surface area contributed by atoms with Gasteiger partial charge >= 0.3 is 41.8 Å². The van der Waals surface area contributed by atoms with E-state index in [4.69, 9.17) is 38.9 Å². The van der Waals surface area contributed by atoms with E-state index in [2.05, 4.69) is 5.32 Å². The Bertz CT molecular complexity index is 1630. The number of ether oxygens (including phenoxy) is 7. The summed E-state index contributed by atoms with van der Waals surface area (Å²) in [5.74, 6) is -10.6. The third kappa shape index (κ3) is 15.0. The lowest BCUT2D eigenvalue weighted by Crippen LogP contribution is -2.46. The quantitative estimate of drug-likeness (QED) is 0.0890. The zero-order chi connectivity index (χ0) is 40.0. The lowest BCUT2D eigenvalue weighted by Gasteiger charge is -2.26. The van der Waals surface area contributed by atoms with E-state index in [0.29, 0.717) is 0 Å². The number of carbonyl (C=O) groups is 10. The lowest BCUT2D eigenvalue weighted by molar-refractivity contribution is -0.178. The summed E-state index contributed by atoms with van der Waals surface area (Å²) in [7, 11) is 0. The third-order valence-electron chi connectivity index (χ3n) is 5.70. The normalized spacial score (nSPS) is 12.7. The number of benzene rings is 1. The van der Waals surface area contributed by atoms with Gasteiger partial charge in [0, 0.05) is 54.2 Å². The van der Waals surface area contributed by atoms with Crippen LogP contribution in [0.2, 0.25) is 0 Å². The van der Waals surface area contributed by atoms with Crippen LogP contribution in [0, 0.1) is 10.7 Å². The summed E-state index contributed by atoms with van der Waals surface area (Å²) >= 11 is 5.09. The molecule has 0 aliphatic rings. The molecule has 0 fully saturated rings. The summed E-state index contributed by atoms with van der Waals surface area (Å²) in [6.07, 6.45) is -7.62. The molecule has 23 heteroatoms. The van der Waals surface area contributed by atoms with Gasteiger partial charge in [0.1, 0.15) is 19.8 Å². The first kappa shape index (κ1) is 46.1. The molecule has 20 nitrogen and oxygen atoms in total. The van der Waals surface area contributed by atoms with Crippen molar-refractivity contribution >= 4 is 139 Å². The summed E-state index contributed by atoms with van der Waals surface area (Å²) in [6, 6.07) is 0. The number of rotatable bonds is 16. The van der Waals surface area contributed by atoms with E-state index in [-0.39, 0.29) is 27.6 Å². The maximum absolute atomic E-state index is 13.8. The Morgan fingerprint density at radius 2 is 0.942 bits per heavy atom. The van der Waals surface area contributed by atoms with E-state index in [1.807, 2.05) is 5.32 Å². The Morgan fingerprint density at radius 3 is 1.37 bits per heavy atom. The zero-order valence-corrected chi connectivity index (χ0v) is 34.6. The van der Waals surface area contributed by atoms with Crippen LogP contribution in [-0.2, 0) is 81.1 Å². The summed E-state index contributed by atoms with van der Waals surface area (Å²) in [6.45, 7) is 3.60. The highest BCUT2D eigenvalue weighted by molar-refractivity contribution is 14.1. The Labute approximate surface area is 335 Å². The second-order valence-corrected chi connectivity index (χ2v) is 13.2. The van der Waals surface area contributed by atoms with Gasteiger partial charge in [0.05, 0.1) is 14.9 Å². The number of halogens is 3. The molecule has 0 aromatic heterocycles. The maximum Gasteiger partial charge on any atom is 0.352 e. The standard InChI is InChI=1S/C29H32I3N3O17/c1-10(36)46-7-16(49-13(4)39)26(42)34-24-21(31)19(20(30)23(33)22(24)32)25(52-29(45)18(51-15(6)41)9-48-12(3)38)28(44)35-27(43)17(50-14(5)40)8-47-11(2)37/h16-18,25H,7-9,33H2,1-6H3,(H,34,42)(H,35,43,44). The number of carbonyl (C=O) groups excluding carboxylic acids is 10. The predicted molar refractivity (Wildman–Crippen MR) is 196 cm³/mol. The molecule has 1 rings (SSSR count). The number of nitrogens with one attached hydrogen (secondary N) is 2. The summed E-state index contributed by atoms with van der Waals surface area (Å²) in [4.78, 5) is 123. The second-order valence-electron chi connectivity index (χ2n) is 10.0. The molecule has 286 valence electrons. The van der Waals surface area contributed by atoms with Crippen molar-refractivity contribution in [2.45, 2.75) is 66.0 Å². The molecule has 4 N–H and O–H groups in total. The van der Waals surface area contributed by atoms with Gasteiger partial charge in [0.25, 0.3) is 17.7 Å². The van der Waals surface area contributed by atoms with E-state index in [1.54, 1.807) is 67.8 Å². The van der Waals surface area contributed by atoms with Crippen molar-refractivity contribution in [3.05, 3.63) is 16.3 Å². The Hall–Kier alpha value is -3.89. The summed E-state index contributed by atoms with van der Waals surface area (Å²) in [5.41, 5.74) is 5.86. The van der Waals surface area contributed by atoms with Crippen LogP contribution >= 0.6 is 67.8 Å². The number of anilines is 2. The van der Waals surface area contributed by atoms with Gasteiger partial charge in [-0.1, -0.05) is 0 Å². The minimum atomic E-state index is -2.18. The Balaban J connectivity index is 3.88. The molecule has 0 radical (unpaired) electrons. The van der Waals surface area contributed by atoms with Crippen LogP contribution in [0.1, 0.15) is 53.2 Å². The molecule has 1 aromatic rings. The van der Waals surface area contributed by atoms with Gasteiger partial charge in [-0.05, 0) is 67.8 Å². The van der Waals surface area contributed by atoms with Crippen LogP contribution in [0.3, 0.4) is 0 Å². The molecule has 4 unspecified atom stereocenters. The molecule has 4 atom stereocenters. The maximum atomic E-state index is 13.8. The van der Waals surface area contributed by atoms with Gasteiger partial charge in [0.2, 0.25) is 24.4 Å². The molecule has 0 spiro atoms. The molecule has 0 heterocycles. The van der Waals surface area contributed by atoms with Crippen molar-refractivity contribution in [2.24, 2.45) is 0 Å². The van der Waals surface area contributed by atoms with Crippen molar-refractivity contribution < 1.29 is 81.1 Å². The van der Waals surface area contributed by atoms with Gasteiger partial charge in [-0.15, -0.1) is 0 Å². The van der Waals surface area contributed by atoms with Crippen LogP contribution < -0.4 is 16.4 Å². The van der Waals surface area contributed by atoms with Crippen molar-refractivity contribution in [3.63, 3.8) is 0 Å². The molecule has 0 saturated heterocycles. The fraction of sp³-hybridized carbons (Fsp3) is 0.448. The first-order valence-corrected chi connectivity index (χ1v) is 17.5. The monoisotopic (exact) mass is 1070 g/mol. The van der Waals surface area contributed by atoms with Gasteiger partial charge in [-0.3, -0.25) is 48.5 Å². The highest BCUT2D eigenvalue weighted by atomic mass is 127. The van der Waals surface area contributed by atoms with Gasteiger partial charge in [-0.2, -0.15) is 0 Å². The number of amides is 3. The SMILES string of the molecule is CC(=O)OCC(OC(C)=O)C(=O)NC(=O)C(OC(=O)C(COC(C)=O)OC(C)=O)c1c(I)c(N)c(I)c(NC(=O)C(COC(C)=O)OC(C)=O)c1I. The number of esters is 7. The molecule has 0 bridgehead atoms. The molecular weight excluding hydrogens is 1040 g/mol. The fourth-order valence-electron chi connectivity index (χ4n) is 3.61. The third-order valence-corrected chi connectivity index (χ3v) is 9.10. The molecule has 0 aliphatic heterocycles. The molecule has 1 aromatic carbocycles. The number of nitrogen functional groups attached to an aromatic ring is 1. The van der Waals surface area contributed by atoms with Crippen molar-refractivity contribution in [1.82, 2.24) is 5.32 Å². The van der Waals surface area contributed by atoms with Crippen LogP contribution in [0.4, 0.5) is 11.4 Å². The topological polar surface area (TPSA) is 285 Å². The van der Waals surface area contributed by atoms with E-state index in [0.717, 1.165) is 41.5 Å². The van der Waals surface area contributed by atoms with E-state index < -0.39 is 104 Å². The van der Waals surface area contributed by atoms with E-state index in [9.17, 15) is 47.9 Å². The largest absolute Gasteiger partial charge is 0.461 e. The van der Waals surface area contributed by atoms with E-state index >= 15 is 0 Å². The highest BCUT2D eigenvalue weighted by Gasteiger charge is 2.38. The average Bonchev–Trinajstić information content (AvgIpc) is 3.02. The number of nitrogens with two attached hydrogens (primary N) is 1. The highest BCUT2D eigenvalue weighted by Crippen LogP contribution is 2.41. The lowest BCUT2D eigenvalue weighted by atomic mass is 10.1. The first-order valence-electron chi connectivity index (χ1n) is 14.3. The number of hydrogen-bond acceptors (Lipinski definition) is 18. The molecule has 3 amide bonds. The average molecular weight is 1080 g/mol. The van der Waals surface area contributed by atoms with Crippen LogP contribution in [0.25, 0.3) is 0 Å². The number of imide groups is 1. The van der Waals surface area contributed by atoms with Crippen molar-refractivity contribution in [2.75, 3.05) is 30.9 Å². The Morgan fingerprint density at radius 1 is 0.538 bits per heavy atom. The minimum absolute atomic E-state index is 0.0381. The zero-order valence-electron chi connectivity index (χ0n) is 28.1. The number of hydrogen-bond donors (Lipinski definition) is 3. The molecule has 0 saturated carbocycles. The summed E-state index contributed by atoms with van der Waals surface area (Å²) in [5, 5.41) is 4.37. The van der Waals surface area contributed by atoms with Crippen LogP contribution in [0.15, 0.2) is 0 Å². The molecule has 0 aliphatic carbocycles. The van der Waals surface area contributed by atoms with Gasteiger partial charge < -0.3 is 44.2 Å². The fourth-order valence-corrected chi connectivity index (χ4v) is 7.61. The van der Waals surface area contributed by atoms with Crippen molar-refractivity contribution in [3.8, 4) is 0 Å². The van der Waals surface area contributed by atoms with E-state index in [1.165, 1.54) is 0 Å². The Kier molecular flexibility index (Phi) is 19.2. The minimum Gasteiger partial charge on any atom is -0.461 e. The first-order chi connectivity index (χ1) is 24.1. The van der Waals surface area contributed by atoms with Crippen molar-refractivity contribution in [1.29, 1.82) is 0 Å². The smallest absolute Gasteiger partial charge is 0.352 e. The molecular formula is C29H32I3N3O17. The van der Waals surface area contributed by atoms with Gasteiger partial charge in [-0.25, -0.2) is 4.79 Å². The van der Waals surface area contributed by atoms with Crippen LogP contribution in [-0.4, -0.2) is 97.6 Å². The van der Waals surface area contributed by atoms with Crippen LogP contribution in [0.5, 0.6) is 0 Å².